The van der Waals surface area contributed by atoms with Crippen molar-refractivity contribution in [1.29, 1.82) is 0 Å². The fraction of sp³-hybridized carbons (Fsp3) is 0.500. The molecule has 84 valence electrons. The molecule has 4 heteroatoms. The average molecular weight is 216 g/mol. The monoisotopic (exact) mass is 216 g/mol. The van der Waals surface area contributed by atoms with Crippen molar-refractivity contribution < 1.29 is 0 Å². The maximum Gasteiger partial charge on any atom is 0.160 e. The zero-order chi connectivity index (χ0) is 11.2. The molecule has 0 bridgehead atoms. The summed E-state index contributed by atoms with van der Waals surface area (Å²) in [7, 11) is 0. The smallest absolute Gasteiger partial charge is 0.160 e. The number of nitrogens with two attached hydrogens (primary N) is 1. The van der Waals surface area contributed by atoms with Crippen LogP contribution in [0.1, 0.15) is 30.8 Å². The molecule has 0 aromatic carbocycles. The standard InChI is InChI=1S/C12H16N4/c1-9-14-15-11-4-2-3-10(16(9)11)5-6-12(13)7-8-12/h2-4H,5-8,13H2,1H3. The Bertz CT molecular complexity index is 525. The predicted octanol–water partition coefficient (Wildman–Crippen LogP) is 1.46. The van der Waals surface area contributed by atoms with Crippen LogP contribution in [0, 0.1) is 6.92 Å². The second-order valence-electron chi connectivity index (χ2n) is 4.82. The topological polar surface area (TPSA) is 56.2 Å². The minimum absolute atomic E-state index is 0.115. The van der Waals surface area contributed by atoms with Crippen LogP contribution in [0.2, 0.25) is 0 Å². The number of fused-ring (bicyclic) bond motifs is 1. The van der Waals surface area contributed by atoms with Crippen LogP contribution in [0.25, 0.3) is 5.65 Å². The Hall–Kier alpha value is -1.42. The Balaban J connectivity index is 1.93. The largest absolute Gasteiger partial charge is 0.325 e. The van der Waals surface area contributed by atoms with E-state index in [9.17, 15) is 0 Å². The van der Waals surface area contributed by atoms with Crippen molar-refractivity contribution >= 4 is 5.65 Å². The number of nitrogens with zero attached hydrogens (tertiary/aromatic N) is 3. The Morgan fingerprint density at radius 3 is 2.94 bits per heavy atom. The number of hydrogen-bond acceptors (Lipinski definition) is 3. The number of aryl methyl sites for hydroxylation is 2. The third kappa shape index (κ3) is 1.59. The molecule has 0 atom stereocenters. The first-order valence-electron chi connectivity index (χ1n) is 5.76. The van der Waals surface area contributed by atoms with Gasteiger partial charge < -0.3 is 5.73 Å². The summed E-state index contributed by atoms with van der Waals surface area (Å²) in [6.45, 7) is 1.98. The van der Waals surface area contributed by atoms with Crippen LogP contribution < -0.4 is 5.73 Å². The van der Waals surface area contributed by atoms with Crippen LogP contribution in [0.15, 0.2) is 18.2 Å². The average Bonchev–Trinajstić information content (AvgIpc) is 2.90. The molecule has 2 aromatic rings. The molecule has 0 amide bonds. The molecule has 1 fully saturated rings. The van der Waals surface area contributed by atoms with Crippen LogP contribution in [0.5, 0.6) is 0 Å². The van der Waals surface area contributed by atoms with Crippen molar-refractivity contribution in [2.75, 3.05) is 0 Å². The van der Waals surface area contributed by atoms with Crippen molar-refractivity contribution in [2.24, 2.45) is 5.73 Å². The maximum absolute atomic E-state index is 6.11. The first kappa shape index (κ1) is 9.78. The Morgan fingerprint density at radius 2 is 2.19 bits per heavy atom. The van der Waals surface area contributed by atoms with Gasteiger partial charge in [-0.25, -0.2) is 0 Å². The molecular formula is C12H16N4. The van der Waals surface area contributed by atoms with Gasteiger partial charge in [0.25, 0.3) is 0 Å². The fourth-order valence-electron chi connectivity index (χ4n) is 2.14. The molecule has 16 heavy (non-hydrogen) atoms. The Kier molecular flexibility index (Phi) is 2.01. The molecule has 0 spiro atoms. The third-order valence-electron chi connectivity index (χ3n) is 3.44. The van der Waals surface area contributed by atoms with E-state index in [2.05, 4.69) is 20.7 Å². The predicted molar refractivity (Wildman–Crippen MR) is 62.2 cm³/mol. The molecule has 1 aliphatic carbocycles. The van der Waals surface area contributed by atoms with E-state index in [0.29, 0.717) is 0 Å². The maximum atomic E-state index is 6.11. The molecule has 4 nitrogen and oxygen atoms in total. The van der Waals surface area contributed by atoms with Gasteiger partial charge in [-0.15, -0.1) is 10.2 Å². The van der Waals surface area contributed by atoms with Crippen LogP contribution >= 0.6 is 0 Å². The third-order valence-corrected chi connectivity index (χ3v) is 3.44. The van der Waals surface area contributed by atoms with Crippen LogP contribution in [0.3, 0.4) is 0 Å². The van der Waals surface area contributed by atoms with Gasteiger partial charge in [0.1, 0.15) is 5.82 Å². The van der Waals surface area contributed by atoms with E-state index in [1.54, 1.807) is 0 Å². The first-order chi connectivity index (χ1) is 7.68. The summed E-state index contributed by atoms with van der Waals surface area (Å²) < 4.78 is 2.12. The molecule has 0 radical (unpaired) electrons. The molecule has 2 heterocycles. The molecule has 1 aliphatic rings. The van der Waals surface area contributed by atoms with Crippen LogP contribution in [-0.4, -0.2) is 20.1 Å². The number of hydrogen-bond donors (Lipinski definition) is 1. The summed E-state index contributed by atoms with van der Waals surface area (Å²) in [6, 6.07) is 6.16. The molecule has 2 aromatic heterocycles. The molecular weight excluding hydrogens is 200 g/mol. The summed E-state index contributed by atoms with van der Waals surface area (Å²) in [5, 5.41) is 8.22. The van der Waals surface area contributed by atoms with Crippen molar-refractivity contribution in [3.05, 3.63) is 29.7 Å². The molecule has 0 saturated heterocycles. The molecule has 1 saturated carbocycles. The van der Waals surface area contributed by atoms with Gasteiger partial charge in [-0.05, 0) is 44.7 Å². The fourth-order valence-corrected chi connectivity index (χ4v) is 2.14. The van der Waals surface area contributed by atoms with E-state index < -0.39 is 0 Å². The first-order valence-corrected chi connectivity index (χ1v) is 5.76. The summed E-state index contributed by atoms with van der Waals surface area (Å²) in [6.07, 6.45) is 4.41. The lowest BCUT2D eigenvalue weighted by Gasteiger charge is -2.10. The summed E-state index contributed by atoms with van der Waals surface area (Å²) in [4.78, 5) is 0. The van der Waals surface area contributed by atoms with Gasteiger partial charge in [-0.3, -0.25) is 4.40 Å². The molecule has 0 unspecified atom stereocenters. The van der Waals surface area contributed by atoms with E-state index in [-0.39, 0.29) is 5.54 Å². The van der Waals surface area contributed by atoms with Crippen molar-refractivity contribution in [2.45, 2.75) is 38.1 Å². The second-order valence-corrected chi connectivity index (χ2v) is 4.82. The Morgan fingerprint density at radius 1 is 1.38 bits per heavy atom. The quantitative estimate of drug-likeness (QED) is 0.845. The van der Waals surface area contributed by atoms with Gasteiger partial charge in [0.15, 0.2) is 5.65 Å². The van der Waals surface area contributed by atoms with E-state index in [4.69, 9.17) is 5.73 Å². The number of aromatic nitrogens is 3. The normalized spacial score (nSPS) is 17.9. The highest BCUT2D eigenvalue weighted by atomic mass is 15.2. The highest BCUT2D eigenvalue weighted by molar-refractivity contribution is 5.39. The Labute approximate surface area is 94.5 Å². The number of pyridine rings is 1. The highest BCUT2D eigenvalue weighted by Crippen LogP contribution is 2.36. The van der Waals surface area contributed by atoms with Gasteiger partial charge in [-0.2, -0.15) is 0 Å². The van der Waals surface area contributed by atoms with E-state index in [1.807, 2.05) is 19.1 Å². The van der Waals surface area contributed by atoms with Gasteiger partial charge in [0, 0.05) is 11.2 Å². The van der Waals surface area contributed by atoms with E-state index >= 15 is 0 Å². The molecule has 2 N–H and O–H groups in total. The molecule has 3 rings (SSSR count). The van der Waals surface area contributed by atoms with Gasteiger partial charge in [0.05, 0.1) is 0 Å². The van der Waals surface area contributed by atoms with Gasteiger partial charge in [0.2, 0.25) is 0 Å². The summed E-state index contributed by atoms with van der Waals surface area (Å²) >= 11 is 0. The molecule has 0 aliphatic heterocycles. The highest BCUT2D eigenvalue weighted by Gasteiger charge is 2.37. The summed E-state index contributed by atoms with van der Waals surface area (Å²) in [5.41, 5.74) is 8.42. The SMILES string of the molecule is Cc1nnc2cccc(CCC3(N)CC3)n12. The van der Waals surface area contributed by atoms with Gasteiger partial charge in [-0.1, -0.05) is 6.07 Å². The second kappa shape index (κ2) is 3.28. The van der Waals surface area contributed by atoms with Crippen LogP contribution in [0.4, 0.5) is 0 Å². The van der Waals surface area contributed by atoms with Gasteiger partial charge >= 0.3 is 0 Å². The van der Waals surface area contributed by atoms with Crippen molar-refractivity contribution in [3.8, 4) is 0 Å². The zero-order valence-corrected chi connectivity index (χ0v) is 9.48. The van der Waals surface area contributed by atoms with Crippen molar-refractivity contribution in [3.63, 3.8) is 0 Å². The lowest BCUT2D eigenvalue weighted by molar-refractivity contribution is 0.600. The van der Waals surface area contributed by atoms with Crippen LogP contribution in [-0.2, 0) is 6.42 Å². The zero-order valence-electron chi connectivity index (χ0n) is 9.48. The lowest BCUT2D eigenvalue weighted by atomic mass is 10.1. The van der Waals surface area contributed by atoms with Crippen molar-refractivity contribution in [1.82, 2.24) is 14.6 Å². The number of rotatable bonds is 3. The minimum atomic E-state index is 0.115. The van der Waals surface area contributed by atoms with E-state index in [0.717, 1.165) is 24.3 Å². The summed E-state index contributed by atoms with van der Waals surface area (Å²) in [5.74, 6) is 0.951. The lowest BCUT2D eigenvalue weighted by Crippen LogP contribution is -2.22. The minimum Gasteiger partial charge on any atom is -0.325 e. The van der Waals surface area contributed by atoms with E-state index in [1.165, 1.54) is 18.5 Å².